The van der Waals surface area contributed by atoms with Gasteiger partial charge in [-0.25, -0.2) is 0 Å². The van der Waals surface area contributed by atoms with Crippen LogP contribution in [-0.2, 0) is 0 Å². The zero-order chi connectivity index (χ0) is 15.1. The SMILES string of the molecule is CCCC1CCC(CC(Cl)C2CCC(CCC)CC2)CC1. The number of hydrogen-bond acceptors (Lipinski definition) is 0. The Bertz CT molecular complexity index is 259. The summed E-state index contributed by atoms with van der Waals surface area (Å²) in [6.07, 6.45) is 18.5. The van der Waals surface area contributed by atoms with Crippen LogP contribution in [0.4, 0.5) is 0 Å². The second kappa shape index (κ2) is 9.43. The summed E-state index contributed by atoms with van der Waals surface area (Å²) in [6.45, 7) is 4.65. The highest BCUT2D eigenvalue weighted by atomic mass is 35.5. The molecule has 21 heavy (non-hydrogen) atoms. The number of halogens is 1. The summed E-state index contributed by atoms with van der Waals surface area (Å²) < 4.78 is 0. The molecule has 0 aromatic carbocycles. The predicted octanol–water partition coefficient (Wildman–Crippen LogP) is 7.20. The quantitative estimate of drug-likeness (QED) is 0.436. The van der Waals surface area contributed by atoms with E-state index in [4.69, 9.17) is 11.6 Å². The van der Waals surface area contributed by atoms with Crippen molar-refractivity contribution in [2.75, 3.05) is 0 Å². The van der Waals surface area contributed by atoms with E-state index in [9.17, 15) is 0 Å². The summed E-state index contributed by atoms with van der Waals surface area (Å²) in [4.78, 5) is 0. The van der Waals surface area contributed by atoms with Crippen molar-refractivity contribution in [1.29, 1.82) is 0 Å². The molecule has 2 rings (SSSR count). The summed E-state index contributed by atoms with van der Waals surface area (Å²) in [5, 5.41) is 0.473. The second-order valence-corrected chi connectivity index (χ2v) is 8.56. The second-order valence-electron chi connectivity index (χ2n) is 8.00. The van der Waals surface area contributed by atoms with Crippen LogP contribution in [-0.4, -0.2) is 5.38 Å². The van der Waals surface area contributed by atoms with Crippen LogP contribution in [0, 0.1) is 23.7 Å². The zero-order valence-corrected chi connectivity index (χ0v) is 15.2. The van der Waals surface area contributed by atoms with Crippen LogP contribution in [0.15, 0.2) is 0 Å². The topological polar surface area (TPSA) is 0 Å². The van der Waals surface area contributed by atoms with Crippen LogP contribution in [0.5, 0.6) is 0 Å². The van der Waals surface area contributed by atoms with Crippen molar-refractivity contribution in [2.45, 2.75) is 103 Å². The molecule has 0 N–H and O–H groups in total. The van der Waals surface area contributed by atoms with Crippen LogP contribution in [0.25, 0.3) is 0 Å². The predicted molar refractivity (Wildman–Crippen MR) is 95.0 cm³/mol. The van der Waals surface area contributed by atoms with Gasteiger partial charge in [-0.3, -0.25) is 0 Å². The first-order chi connectivity index (χ1) is 10.2. The minimum atomic E-state index is 0.473. The number of hydrogen-bond donors (Lipinski definition) is 0. The molecule has 1 heteroatoms. The average molecular weight is 313 g/mol. The maximum Gasteiger partial charge on any atom is 0.0366 e. The minimum absolute atomic E-state index is 0.473. The Morgan fingerprint density at radius 3 is 1.62 bits per heavy atom. The Hall–Kier alpha value is 0.290. The van der Waals surface area contributed by atoms with Crippen molar-refractivity contribution in [3.8, 4) is 0 Å². The molecule has 0 aliphatic heterocycles. The molecule has 1 unspecified atom stereocenters. The molecule has 0 spiro atoms. The Morgan fingerprint density at radius 1 is 0.714 bits per heavy atom. The molecule has 124 valence electrons. The minimum Gasteiger partial charge on any atom is -0.123 e. The third kappa shape index (κ3) is 5.77. The van der Waals surface area contributed by atoms with Gasteiger partial charge in [0.1, 0.15) is 0 Å². The standard InChI is InChI=1S/C20H37Cl/c1-3-5-16-7-9-18(10-8-16)15-20(21)19-13-11-17(6-4-2)12-14-19/h16-20H,3-15H2,1-2H3. The van der Waals surface area contributed by atoms with E-state index in [-0.39, 0.29) is 0 Å². The zero-order valence-electron chi connectivity index (χ0n) is 14.5. The molecule has 1 atom stereocenters. The molecular formula is C20H37Cl. The molecule has 0 radical (unpaired) electrons. The first-order valence-electron chi connectivity index (χ1n) is 9.86. The third-order valence-corrected chi connectivity index (χ3v) is 6.86. The van der Waals surface area contributed by atoms with Gasteiger partial charge in [0.2, 0.25) is 0 Å². The van der Waals surface area contributed by atoms with E-state index in [2.05, 4.69) is 13.8 Å². The van der Waals surface area contributed by atoms with E-state index in [1.807, 2.05) is 0 Å². The van der Waals surface area contributed by atoms with Crippen molar-refractivity contribution in [1.82, 2.24) is 0 Å². The first kappa shape index (κ1) is 17.6. The van der Waals surface area contributed by atoms with E-state index < -0.39 is 0 Å². The van der Waals surface area contributed by atoms with E-state index >= 15 is 0 Å². The number of alkyl halides is 1. The van der Waals surface area contributed by atoms with Crippen molar-refractivity contribution in [3.05, 3.63) is 0 Å². The summed E-state index contributed by atoms with van der Waals surface area (Å²) >= 11 is 6.82. The van der Waals surface area contributed by atoms with Crippen LogP contribution in [0.1, 0.15) is 97.3 Å². The maximum atomic E-state index is 6.82. The van der Waals surface area contributed by atoms with Gasteiger partial charge < -0.3 is 0 Å². The van der Waals surface area contributed by atoms with Gasteiger partial charge in [-0.2, -0.15) is 0 Å². The van der Waals surface area contributed by atoms with Gasteiger partial charge >= 0.3 is 0 Å². The van der Waals surface area contributed by atoms with Crippen molar-refractivity contribution < 1.29 is 0 Å². The third-order valence-electron chi connectivity index (χ3n) is 6.32. The highest BCUT2D eigenvalue weighted by molar-refractivity contribution is 6.20. The van der Waals surface area contributed by atoms with Crippen molar-refractivity contribution >= 4 is 11.6 Å². The molecule has 0 aromatic heterocycles. The molecule has 0 amide bonds. The van der Waals surface area contributed by atoms with Crippen molar-refractivity contribution in [2.24, 2.45) is 23.7 Å². The number of rotatable bonds is 7. The smallest absolute Gasteiger partial charge is 0.0366 e. The molecular weight excluding hydrogens is 276 g/mol. The monoisotopic (exact) mass is 312 g/mol. The lowest BCUT2D eigenvalue weighted by molar-refractivity contribution is 0.212. The van der Waals surface area contributed by atoms with Crippen LogP contribution < -0.4 is 0 Å². The van der Waals surface area contributed by atoms with Gasteiger partial charge in [-0.15, -0.1) is 11.6 Å². The van der Waals surface area contributed by atoms with E-state index in [0.717, 1.165) is 23.7 Å². The summed E-state index contributed by atoms with van der Waals surface area (Å²) in [7, 11) is 0. The lowest BCUT2D eigenvalue weighted by Crippen LogP contribution is -2.25. The van der Waals surface area contributed by atoms with Gasteiger partial charge in [0, 0.05) is 5.38 Å². The molecule has 0 heterocycles. The molecule has 0 nitrogen and oxygen atoms in total. The van der Waals surface area contributed by atoms with Gasteiger partial charge in [0.05, 0.1) is 0 Å². The molecule has 0 bridgehead atoms. The lowest BCUT2D eigenvalue weighted by atomic mass is 9.74. The molecule has 0 aromatic rings. The average Bonchev–Trinajstić information content (AvgIpc) is 2.50. The highest BCUT2D eigenvalue weighted by Crippen LogP contribution is 2.40. The fourth-order valence-electron chi connectivity index (χ4n) is 4.92. The lowest BCUT2D eigenvalue weighted by Gasteiger charge is -2.34. The normalized spacial score (nSPS) is 35.6. The summed E-state index contributed by atoms with van der Waals surface area (Å²) in [5.74, 6) is 3.81. The Kier molecular flexibility index (Phi) is 7.92. The fourth-order valence-corrected chi connectivity index (χ4v) is 5.43. The van der Waals surface area contributed by atoms with Gasteiger partial charge in [-0.1, -0.05) is 78.1 Å². The molecule has 0 saturated heterocycles. The first-order valence-corrected chi connectivity index (χ1v) is 10.3. The van der Waals surface area contributed by atoms with Gasteiger partial charge in [0.25, 0.3) is 0 Å². The molecule has 2 saturated carbocycles. The molecule has 2 aliphatic rings. The Labute approximate surface area is 138 Å². The highest BCUT2D eigenvalue weighted by Gasteiger charge is 2.29. The largest absolute Gasteiger partial charge is 0.123 e. The van der Waals surface area contributed by atoms with E-state index in [1.165, 1.54) is 83.5 Å². The molecule has 2 aliphatic carbocycles. The fraction of sp³-hybridized carbons (Fsp3) is 1.00. The van der Waals surface area contributed by atoms with Gasteiger partial charge in [0.15, 0.2) is 0 Å². The van der Waals surface area contributed by atoms with Crippen LogP contribution in [0.2, 0.25) is 0 Å². The van der Waals surface area contributed by atoms with Crippen LogP contribution in [0.3, 0.4) is 0 Å². The van der Waals surface area contributed by atoms with E-state index in [1.54, 1.807) is 0 Å². The summed E-state index contributed by atoms with van der Waals surface area (Å²) in [5.41, 5.74) is 0. The Balaban J connectivity index is 1.65. The maximum absolute atomic E-state index is 6.82. The molecule has 2 fully saturated rings. The van der Waals surface area contributed by atoms with E-state index in [0.29, 0.717) is 5.38 Å². The Morgan fingerprint density at radius 2 is 1.14 bits per heavy atom. The van der Waals surface area contributed by atoms with Crippen LogP contribution >= 0.6 is 11.6 Å². The van der Waals surface area contributed by atoms with Gasteiger partial charge in [-0.05, 0) is 42.9 Å². The van der Waals surface area contributed by atoms with Crippen molar-refractivity contribution in [3.63, 3.8) is 0 Å². The summed E-state index contributed by atoms with van der Waals surface area (Å²) in [6, 6.07) is 0.